The highest BCUT2D eigenvalue weighted by Crippen LogP contribution is 2.28. The van der Waals surface area contributed by atoms with Gasteiger partial charge in [0.05, 0.1) is 76.9 Å². The lowest BCUT2D eigenvalue weighted by atomic mass is 9.81. The van der Waals surface area contributed by atoms with Gasteiger partial charge in [-0.25, -0.2) is 0 Å². The molecule has 7 rings (SSSR count). The maximum absolute atomic E-state index is 15.3. The van der Waals surface area contributed by atoms with Crippen LogP contribution in [0.25, 0.3) is 10.8 Å². The van der Waals surface area contributed by atoms with Gasteiger partial charge in [0, 0.05) is 143 Å². The minimum absolute atomic E-state index is 0.00328. The number of Topliss-reactive ketones (excluding diaryl/α,β-unsaturated/α-hetero) is 2. The Balaban J connectivity index is 1.35. The Labute approximate surface area is 861 Å². The molecular weight excluding hydrogens is 1980 g/mol. The number of nitrogens with zero attached hydrogens (tertiary/aromatic N) is 3. The minimum atomic E-state index is -2.26. The van der Waals surface area contributed by atoms with Crippen LogP contribution >= 0.6 is 35.3 Å². The number of thioether (sulfide) groups is 3. The summed E-state index contributed by atoms with van der Waals surface area (Å²) in [7, 11) is 0. The van der Waals surface area contributed by atoms with Crippen LogP contribution in [0.5, 0.6) is 5.75 Å². The zero-order valence-corrected chi connectivity index (χ0v) is 85.3. The van der Waals surface area contributed by atoms with Crippen molar-refractivity contribution in [3.63, 3.8) is 0 Å². The lowest BCUT2D eigenvalue weighted by Crippen LogP contribution is -2.61. The maximum atomic E-state index is 15.3. The number of amides is 16. The number of carbonyl (C=O) groups is 22. The molecule has 20 N–H and O–H groups in total. The molecule has 0 saturated carbocycles. The highest BCUT2D eigenvalue weighted by atomic mass is 32.2. The third-order valence-corrected chi connectivity index (χ3v) is 27.6. The number of hydrogen-bond acceptors (Lipinski definition) is 29. The Hall–Kier alpha value is -13.4. The average molecular weight is 2110 g/mol. The van der Waals surface area contributed by atoms with Gasteiger partial charge in [-0.1, -0.05) is 113 Å². The number of nitrogens with one attached hydrogen (secondary N) is 11. The fraction of sp³-hybridized carbons (Fsp3) is 0.551. The molecule has 3 aliphatic rings. The van der Waals surface area contributed by atoms with Crippen LogP contribution in [0.15, 0.2) is 97.1 Å². The van der Waals surface area contributed by atoms with Crippen LogP contribution in [0.4, 0.5) is 0 Å². The second-order valence-corrected chi connectivity index (χ2v) is 40.3. The number of nitrogens with two attached hydrogens (primary N) is 2. The van der Waals surface area contributed by atoms with Crippen molar-refractivity contribution < 1.29 is 145 Å². The molecule has 3 fully saturated rings. The molecule has 16 amide bonds. The van der Waals surface area contributed by atoms with E-state index in [1.807, 2.05) is 0 Å². The Kier molecular flexibility index (Phi) is 50.3. The molecule has 4 aromatic rings. The average Bonchev–Trinajstić information content (AvgIpc) is 0.832. The predicted molar refractivity (Wildman–Crippen MR) is 536 cm³/mol. The third-order valence-electron chi connectivity index (χ3n) is 24.1. The zero-order chi connectivity index (χ0) is 108. The summed E-state index contributed by atoms with van der Waals surface area (Å²) in [5.41, 5.74) is 11.3. The van der Waals surface area contributed by atoms with Crippen molar-refractivity contribution in [2.75, 3.05) is 113 Å². The van der Waals surface area contributed by atoms with Crippen molar-refractivity contribution in [3.8, 4) is 5.75 Å². The topological polar surface area (TPSA) is 698 Å². The molecule has 0 radical (unpaired) electrons. The number of primary amides is 2. The van der Waals surface area contributed by atoms with Crippen LogP contribution in [0.1, 0.15) is 135 Å². The maximum Gasteiger partial charge on any atom is 0.305 e. The lowest BCUT2D eigenvalue weighted by molar-refractivity contribution is -0.142. The van der Waals surface area contributed by atoms with Crippen LogP contribution in [0.3, 0.4) is 0 Å². The van der Waals surface area contributed by atoms with Crippen LogP contribution in [-0.4, -0.2) is 350 Å². The number of fused-ring (bicyclic) bond motifs is 16. The van der Waals surface area contributed by atoms with E-state index < -0.39 is 290 Å². The number of aliphatic carboxylic acids is 4. The number of carbonyl (C=O) groups excluding carboxylic acids is 18. The first kappa shape index (κ1) is 121. The number of phenolic OH excluding ortho intramolecular Hbond substituents is 1. The molecule has 4 aromatic carbocycles. The molecule has 4 bridgehead atoms. The molecule has 3 aliphatic heterocycles. The van der Waals surface area contributed by atoms with Gasteiger partial charge in [-0.2, -0.15) is 35.3 Å². The van der Waals surface area contributed by atoms with Gasteiger partial charge in [-0.15, -0.1) is 0 Å². The molecule has 3 saturated heterocycles. The van der Waals surface area contributed by atoms with Gasteiger partial charge in [0.15, 0.2) is 11.6 Å². The molecule has 14 atom stereocenters. The fourth-order valence-electron chi connectivity index (χ4n) is 15.8. The minimum Gasteiger partial charge on any atom is -0.508 e. The van der Waals surface area contributed by atoms with Crippen LogP contribution < -0.4 is 70.0 Å². The standard InChI is InChI=1S/C98H134N16O30S3/c1-56-53-145-42-27-78(119)112-30-36-142-38-32-113-33-39-144-41-35-114(34-40-143-37-31-112)80(121)29-44-147-55-74(110-89(133)58(3)102-90(134)63(47-62-17-12-16-61-15-10-11-18-66(61)62)48-75(116)67(23-25-81(122)123)103-94(138)71(50-77(99)118)105-88(132)57(2)101-87(56)131)97(141)104-68(24-26-82(124)125)91(135)108-72(51-83(126)127)95(139)107-69(45-59-13-8-7-9-14-59)92(136)106-70(46-60-19-21-65(115)22-20-60)93(137)109-73(52-84(128)129)96(140)111-85(98(4,5)6)76(117)49-64(86(100)130)54-146-43-28-79(113)120/h7-22,56-58,63-64,67-74,85,115H,23-55H2,1-6H3,(H2,99,118)(H2,100,130)(H,101,131)(H,102,134)(H,103,138)(H,104,141)(H,105,132)(H,106,136)(H,107,139)(H,108,135)(H,109,137)(H,110,133)(H,111,140)(H,122,123)(H,124,125)(H,126,127)(H,128,129)/t56-,57+,58+,63+,64-,67-,68-,69-,70-,71-,72-,73-,74-,85+/m0/s1. The Morgan fingerprint density at radius 2 is 0.789 bits per heavy atom. The Morgan fingerprint density at radius 1 is 0.388 bits per heavy atom. The van der Waals surface area contributed by atoms with Gasteiger partial charge in [0.2, 0.25) is 94.5 Å². The van der Waals surface area contributed by atoms with Crippen molar-refractivity contribution in [3.05, 3.63) is 114 Å². The van der Waals surface area contributed by atoms with E-state index in [1.165, 1.54) is 69.8 Å². The summed E-state index contributed by atoms with van der Waals surface area (Å²) >= 11 is 3.19. The Bertz CT molecular complexity index is 5290. The summed E-state index contributed by atoms with van der Waals surface area (Å²) in [6.07, 6.45) is -9.89. The fourth-order valence-corrected chi connectivity index (χ4v) is 18.8. The molecular formula is C98H134N16O30S3. The van der Waals surface area contributed by atoms with Gasteiger partial charge in [-0.05, 0) is 78.1 Å². The number of ketones is 2. The quantitative estimate of drug-likeness (QED) is 0.0522. The normalized spacial score (nSPS) is 24.9. The van der Waals surface area contributed by atoms with E-state index in [1.54, 1.807) is 88.4 Å². The molecule has 804 valence electrons. The van der Waals surface area contributed by atoms with Gasteiger partial charge < -0.3 is 124 Å². The highest BCUT2D eigenvalue weighted by molar-refractivity contribution is 7.99. The summed E-state index contributed by atoms with van der Waals surface area (Å²) < 4.78 is 18.2. The summed E-state index contributed by atoms with van der Waals surface area (Å²) in [5.74, 6) is -28.9. The van der Waals surface area contributed by atoms with Crippen LogP contribution in [-0.2, 0) is 139 Å². The zero-order valence-electron chi connectivity index (χ0n) is 82.8. The van der Waals surface area contributed by atoms with Crippen LogP contribution in [0.2, 0.25) is 0 Å². The van der Waals surface area contributed by atoms with E-state index in [-0.39, 0.29) is 151 Å². The molecule has 0 spiro atoms. The first-order valence-electron chi connectivity index (χ1n) is 48.2. The van der Waals surface area contributed by atoms with Gasteiger partial charge in [-0.3, -0.25) is 105 Å². The molecule has 49 heteroatoms. The number of benzene rings is 4. The summed E-state index contributed by atoms with van der Waals surface area (Å²) in [6.45, 7) is 7.76. The first-order valence-corrected chi connectivity index (χ1v) is 51.6. The molecule has 46 nitrogen and oxygen atoms in total. The van der Waals surface area contributed by atoms with Crippen molar-refractivity contribution in [2.24, 2.45) is 34.6 Å². The molecule has 0 aliphatic carbocycles. The predicted octanol–water partition coefficient (Wildman–Crippen LogP) is -1.24. The number of hydrogen-bond donors (Lipinski definition) is 18. The molecule has 0 unspecified atom stereocenters. The SMILES string of the molecule is C[C@H]1CSCCC(=O)N2CCOCCN3CCOCCN(CCOCC2)C(=O)CCSC[C@H](NC(=O)[C@@H](C)NC(=O)[C@H](Cc2cccc4ccccc24)CC(=O)[C@H](CCC(=O)O)NC(=O)[C@H](CC(N)=O)NC(=O)[C@@H](C)NC1=O)C(=O)N[C@@H](CCC(=O)O)C(=O)N[C@@H](CC(=O)O)C(=O)N[C@@H](Cc1ccccc1)C(=O)N[C@@H](Cc1ccc(O)cc1)C(=O)N[C@@H](CC(=O)O)C(=O)N[C@@H](C(C)(C)C)C(=O)C[C@H](C(N)=O)CSCCC3=O. The number of phenols is 1. The van der Waals surface area contributed by atoms with Gasteiger partial charge >= 0.3 is 23.9 Å². The largest absolute Gasteiger partial charge is 0.508 e. The highest BCUT2D eigenvalue weighted by Gasteiger charge is 2.42. The number of aromatic hydroxyl groups is 1. The molecule has 0 aromatic heterocycles. The smallest absolute Gasteiger partial charge is 0.305 e. The van der Waals surface area contributed by atoms with E-state index in [9.17, 15) is 107 Å². The van der Waals surface area contributed by atoms with E-state index in [0.29, 0.717) is 21.9 Å². The van der Waals surface area contributed by atoms with Crippen molar-refractivity contribution in [2.45, 2.75) is 204 Å². The van der Waals surface area contributed by atoms with Crippen molar-refractivity contribution in [1.29, 1.82) is 0 Å². The number of rotatable bonds is 19. The van der Waals surface area contributed by atoms with Crippen LogP contribution in [0, 0.1) is 23.2 Å². The van der Waals surface area contributed by atoms with E-state index in [0.717, 1.165) is 30.4 Å². The first-order chi connectivity index (χ1) is 69.7. The Morgan fingerprint density at radius 3 is 1.27 bits per heavy atom. The second kappa shape index (κ2) is 61.3. The number of carboxylic acid groups (broad SMARTS) is 4. The van der Waals surface area contributed by atoms with E-state index in [2.05, 4.69) is 58.5 Å². The van der Waals surface area contributed by atoms with E-state index in [4.69, 9.17) is 25.7 Å². The van der Waals surface area contributed by atoms with E-state index >= 15 is 24.0 Å². The van der Waals surface area contributed by atoms with Crippen molar-refractivity contribution in [1.82, 2.24) is 73.2 Å². The van der Waals surface area contributed by atoms with Gasteiger partial charge in [0.1, 0.15) is 60.1 Å². The summed E-state index contributed by atoms with van der Waals surface area (Å²) in [6, 6.07) is 4.40. The third kappa shape index (κ3) is 42.5. The number of ether oxygens (including phenoxy) is 3. The van der Waals surface area contributed by atoms with Crippen molar-refractivity contribution >= 4 is 176 Å². The molecule has 147 heavy (non-hydrogen) atoms. The number of carboxylic acids is 4. The molecule has 3 heterocycles. The summed E-state index contributed by atoms with van der Waals surface area (Å²) in [4.78, 5) is 316. The van der Waals surface area contributed by atoms with Gasteiger partial charge in [0.25, 0.3) is 0 Å². The lowest BCUT2D eigenvalue weighted by Gasteiger charge is -2.32. The second-order valence-electron chi connectivity index (χ2n) is 36.9. The summed E-state index contributed by atoms with van der Waals surface area (Å²) in [5, 5.41) is 79.4. The monoisotopic (exact) mass is 2110 g/mol.